The summed E-state index contributed by atoms with van der Waals surface area (Å²) in [5.41, 5.74) is 2.40. The number of phenols is 1. The molecule has 1 N–H and O–H groups in total. The van der Waals surface area contributed by atoms with Crippen LogP contribution < -0.4 is 5.56 Å². The number of nitrogens with zero attached hydrogens (tertiary/aromatic N) is 2. The van der Waals surface area contributed by atoms with Crippen LogP contribution in [-0.4, -0.2) is 20.5 Å². The van der Waals surface area contributed by atoms with Crippen molar-refractivity contribution < 1.29 is 14.6 Å². The molecule has 0 saturated heterocycles. The Morgan fingerprint density at radius 3 is 2.79 bits per heavy atom. The number of aryl methyl sites for hydroxylation is 2. The zero-order valence-corrected chi connectivity index (χ0v) is 13.3. The van der Waals surface area contributed by atoms with E-state index >= 15 is 0 Å². The van der Waals surface area contributed by atoms with Gasteiger partial charge < -0.3 is 9.84 Å². The molecule has 6 heteroatoms. The normalized spacial score (nSPS) is 10.8. The fourth-order valence-corrected chi connectivity index (χ4v) is 2.41. The first-order chi connectivity index (χ1) is 11.5. The third-order valence-corrected chi connectivity index (χ3v) is 3.66. The van der Waals surface area contributed by atoms with Crippen LogP contribution in [0.3, 0.4) is 0 Å². The van der Waals surface area contributed by atoms with E-state index in [-0.39, 0.29) is 23.5 Å². The van der Waals surface area contributed by atoms with Crippen LogP contribution >= 0.6 is 0 Å². The SMILES string of the molecule is Cc1ccc(C(=O)OCc2cc(=O)n3cccc(C)c3n2)c(O)c1. The second kappa shape index (κ2) is 6.16. The van der Waals surface area contributed by atoms with E-state index in [1.54, 1.807) is 18.3 Å². The second-order valence-corrected chi connectivity index (χ2v) is 5.57. The molecule has 0 spiro atoms. The highest BCUT2D eigenvalue weighted by Crippen LogP contribution is 2.19. The highest BCUT2D eigenvalue weighted by molar-refractivity contribution is 5.92. The summed E-state index contributed by atoms with van der Waals surface area (Å²) in [7, 11) is 0. The summed E-state index contributed by atoms with van der Waals surface area (Å²) in [6.07, 6.45) is 1.64. The van der Waals surface area contributed by atoms with E-state index in [0.29, 0.717) is 11.3 Å². The molecular formula is C18H16N2O4. The van der Waals surface area contributed by atoms with E-state index in [1.165, 1.54) is 22.6 Å². The largest absolute Gasteiger partial charge is 0.507 e. The van der Waals surface area contributed by atoms with Crippen molar-refractivity contribution in [1.29, 1.82) is 0 Å². The lowest BCUT2D eigenvalue weighted by molar-refractivity contribution is 0.0464. The number of aromatic nitrogens is 2. The number of carbonyl (C=O) groups excluding carboxylic acids is 1. The van der Waals surface area contributed by atoms with Crippen LogP contribution in [0.25, 0.3) is 5.65 Å². The molecule has 1 aromatic carbocycles. The lowest BCUT2D eigenvalue weighted by Gasteiger charge is -2.08. The zero-order chi connectivity index (χ0) is 17.3. The predicted molar refractivity (Wildman–Crippen MR) is 88.2 cm³/mol. The summed E-state index contributed by atoms with van der Waals surface area (Å²) in [6.45, 7) is 3.51. The standard InChI is InChI=1S/C18H16N2O4/c1-11-5-6-14(15(21)8-11)18(23)24-10-13-9-16(22)20-7-3-4-12(2)17(20)19-13/h3-9,21H,10H2,1-2H3. The van der Waals surface area contributed by atoms with Crippen LogP contribution in [0.5, 0.6) is 5.75 Å². The quantitative estimate of drug-likeness (QED) is 0.748. The fraction of sp³-hybridized carbons (Fsp3) is 0.167. The summed E-state index contributed by atoms with van der Waals surface area (Å²) in [4.78, 5) is 28.5. The maximum atomic E-state index is 12.1. The molecular weight excluding hydrogens is 308 g/mol. The predicted octanol–water partition coefficient (Wildman–Crippen LogP) is 2.37. The molecule has 0 aliphatic heterocycles. The number of fused-ring (bicyclic) bond motifs is 1. The summed E-state index contributed by atoms with van der Waals surface area (Å²) in [5, 5.41) is 9.81. The monoisotopic (exact) mass is 324 g/mol. The molecule has 0 fully saturated rings. The van der Waals surface area contributed by atoms with Crippen LogP contribution in [0.15, 0.2) is 47.4 Å². The second-order valence-electron chi connectivity index (χ2n) is 5.57. The molecule has 24 heavy (non-hydrogen) atoms. The molecule has 2 aromatic heterocycles. The molecule has 0 aliphatic carbocycles. The van der Waals surface area contributed by atoms with Gasteiger partial charge in [-0.25, -0.2) is 9.78 Å². The van der Waals surface area contributed by atoms with E-state index in [4.69, 9.17) is 4.74 Å². The highest BCUT2D eigenvalue weighted by atomic mass is 16.5. The average molecular weight is 324 g/mol. The number of pyridine rings is 1. The van der Waals surface area contributed by atoms with Crippen molar-refractivity contribution in [3.63, 3.8) is 0 Å². The summed E-state index contributed by atoms with van der Waals surface area (Å²) < 4.78 is 6.61. The topological polar surface area (TPSA) is 80.9 Å². The smallest absolute Gasteiger partial charge is 0.342 e. The molecule has 0 radical (unpaired) electrons. The molecule has 0 aliphatic rings. The maximum absolute atomic E-state index is 12.1. The lowest BCUT2D eigenvalue weighted by Crippen LogP contribution is -2.17. The summed E-state index contributed by atoms with van der Waals surface area (Å²) >= 11 is 0. The number of hydrogen-bond acceptors (Lipinski definition) is 5. The van der Waals surface area contributed by atoms with Gasteiger partial charge >= 0.3 is 5.97 Å². The first-order valence-electron chi connectivity index (χ1n) is 7.40. The van der Waals surface area contributed by atoms with Crippen LogP contribution in [0.1, 0.15) is 27.2 Å². The first kappa shape index (κ1) is 15.7. The number of hydrogen-bond donors (Lipinski definition) is 1. The molecule has 0 amide bonds. The van der Waals surface area contributed by atoms with Crippen molar-refractivity contribution in [2.45, 2.75) is 20.5 Å². The number of esters is 1. The Bertz CT molecular complexity index is 992. The van der Waals surface area contributed by atoms with Crippen molar-refractivity contribution >= 4 is 11.6 Å². The number of phenolic OH excluding ortho intramolecular Hbond substituents is 1. The number of ether oxygens (including phenoxy) is 1. The van der Waals surface area contributed by atoms with Crippen LogP contribution in [0.4, 0.5) is 0 Å². The van der Waals surface area contributed by atoms with Crippen LogP contribution in [-0.2, 0) is 11.3 Å². The lowest BCUT2D eigenvalue weighted by atomic mass is 10.1. The van der Waals surface area contributed by atoms with E-state index in [9.17, 15) is 14.7 Å². The molecule has 3 rings (SSSR count). The van der Waals surface area contributed by atoms with Gasteiger partial charge in [0.2, 0.25) is 0 Å². The molecule has 6 nitrogen and oxygen atoms in total. The summed E-state index contributed by atoms with van der Waals surface area (Å²) in [5.74, 6) is -0.804. The molecule has 0 saturated carbocycles. The Morgan fingerprint density at radius 2 is 2.04 bits per heavy atom. The number of aromatic hydroxyl groups is 1. The number of carbonyl (C=O) groups is 1. The van der Waals surface area contributed by atoms with Crippen molar-refractivity contribution in [1.82, 2.24) is 9.38 Å². The molecule has 0 bridgehead atoms. The molecule has 0 atom stereocenters. The highest BCUT2D eigenvalue weighted by Gasteiger charge is 2.13. The first-order valence-corrected chi connectivity index (χ1v) is 7.40. The van der Waals surface area contributed by atoms with Gasteiger partial charge in [-0.3, -0.25) is 9.20 Å². The number of benzene rings is 1. The Kier molecular flexibility index (Phi) is 4.04. The van der Waals surface area contributed by atoms with E-state index < -0.39 is 5.97 Å². The average Bonchev–Trinajstić information content (AvgIpc) is 2.53. The minimum Gasteiger partial charge on any atom is -0.507 e. The van der Waals surface area contributed by atoms with Gasteiger partial charge in [0.15, 0.2) is 0 Å². The Hall–Kier alpha value is -3.15. The minimum atomic E-state index is -0.667. The molecule has 3 aromatic rings. The Labute approximate surface area is 138 Å². The van der Waals surface area contributed by atoms with Crippen molar-refractivity contribution in [3.05, 3.63) is 75.3 Å². The Balaban J connectivity index is 1.84. The van der Waals surface area contributed by atoms with Crippen molar-refractivity contribution in [2.75, 3.05) is 0 Å². The van der Waals surface area contributed by atoms with Crippen LogP contribution in [0, 0.1) is 13.8 Å². The van der Waals surface area contributed by atoms with Crippen LogP contribution in [0.2, 0.25) is 0 Å². The molecule has 0 unspecified atom stereocenters. The third kappa shape index (κ3) is 2.99. The maximum Gasteiger partial charge on any atom is 0.342 e. The fourth-order valence-electron chi connectivity index (χ4n) is 2.41. The van der Waals surface area contributed by atoms with Gasteiger partial charge in [-0.2, -0.15) is 0 Å². The summed E-state index contributed by atoms with van der Waals surface area (Å²) in [6, 6.07) is 9.64. The number of rotatable bonds is 3. The van der Waals surface area contributed by atoms with Gasteiger partial charge in [-0.1, -0.05) is 12.1 Å². The van der Waals surface area contributed by atoms with Crippen molar-refractivity contribution in [3.8, 4) is 5.75 Å². The van der Waals surface area contributed by atoms with Gasteiger partial charge in [0.05, 0.1) is 5.69 Å². The van der Waals surface area contributed by atoms with Gasteiger partial charge in [0, 0.05) is 12.3 Å². The van der Waals surface area contributed by atoms with E-state index in [2.05, 4.69) is 4.98 Å². The molecule has 2 heterocycles. The van der Waals surface area contributed by atoms with Gasteiger partial charge in [-0.05, 0) is 43.2 Å². The molecule has 122 valence electrons. The van der Waals surface area contributed by atoms with E-state index in [0.717, 1.165) is 11.1 Å². The third-order valence-electron chi connectivity index (χ3n) is 3.66. The van der Waals surface area contributed by atoms with Gasteiger partial charge in [0.1, 0.15) is 23.6 Å². The van der Waals surface area contributed by atoms with E-state index in [1.807, 2.05) is 19.9 Å². The van der Waals surface area contributed by atoms with Crippen molar-refractivity contribution in [2.24, 2.45) is 0 Å². The van der Waals surface area contributed by atoms with Gasteiger partial charge in [0.25, 0.3) is 5.56 Å². The van der Waals surface area contributed by atoms with Gasteiger partial charge in [-0.15, -0.1) is 0 Å². The Morgan fingerprint density at radius 1 is 1.25 bits per heavy atom. The minimum absolute atomic E-state index is 0.0780. The zero-order valence-electron chi connectivity index (χ0n) is 13.3.